The number of carbonyl (C=O) groups is 2. The van der Waals surface area contributed by atoms with E-state index in [1.807, 2.05) is 38.1 Å². The molecule has 0 aliphatic carbocycles. The molecule has 116 valence electrons. The monoisotopic (exact) mass is 301 g/mol. The van der Waals surface area contributed by atoms with Gasteiger partial charge in [-0.1, -0.05) is 32.0 Å². The van der Waals surface area contributed by atoms with Crippen LogP contribution in [-0.2, 0) is 4.79 Å². The second-order valence-corrected chi connectivity index (χ2v) is 6.24. The number of nitrogens with zero attached hydrogens (tertiary/aromatic N) is 1. The molecular weight excluding hydrogens is 282 g/mol. The van der Waals surface area contributed by atoms with Crippen molar-refractivity contribution in [3.63, 3.8) is 0 Å². The fourth-order valence-corrected chi connectivity index (χ4v) is 3.14. The molecule has 5 heteroatoms. The SMILES string of the molecule is CC(C)C1(C(=O)O)CCN(C(=O)c2cc3ccccc3o2)C1. The quantitative estimate of drug-likeness (QED) is 0.946. The van der Waals surface area contributed by atoms with Crippen molar-refractivity contribution in [1.29, 1.82) is 0 Å². The molecule has 0 bridgehead atoms. The molecule has 1 aliphatic heterocycles. The summed E-state index contributed by atoms with van der Waals surface area (Å²) in [6.07, 6.45) is 0.478. The van der Waals surface area contributed by atoms with Crippen molar-refractivity contribution in [2.75, 3.05) is 13.1 Å². The highest BCUT2D eigenvalue weighted by Crippen LogP contribution is 2.38. The molecular formula is C17H19NO4. The summed E-state index contributed by atoms with van der Waals surface area (Å²) in [5, 5.41) is 10.4. The molecule has 0 radical (unpaired) electrons. The van der Waals surface area contributed by atoms with Gasteiger partial charge in [0.05, 0.1) is 5.41 Å². The third-order valence-corrected chi connectivity index (χ3v) is 4.76. The maximum absolute atomic E-state index is 12.6. The summed E-state index contributed by atoms with van der Waals surface area (Å²) in [4.78, 5) is 25.8. The fraction of sp³-hybridized carbons (Fsp3) is 0.412. The zero-order valence-electron chi connectivity index (χ0n) is 12.7. The lowest BCUT2D eigenvalue weighted by Crippen LogP contribution is -2.40. The molecule has 0 saturated carbocycles. The van der Waals surface area contributed by atoms with E-state index in [9.17, 15) is 14.7 Å². The highest BCUT2D eigenvalue weighted by atomic mass is 16.4. The summed E-state index contributed by atoms with van der Waals surface area (Å²) in [5.41, 5.74) is -0.194. The summed E-state index contributed by atoms with van der Waals surface area (Å²) in [6, 6.07) is 9.15. The number of carbonyl (C=O) groups excluding carboxylic acids is 1. The molecule has 3 rings (SSSR count). The molecule has 1 aromatic heterocycles. The number of hydrogen-bond donors (Lipinski definition) is 1. The number of likely N-dealkylation sites (tertiary alicyclic amines) is 1. The van der Waals surface area contributed by atoms with Crippen LogP contribution in [0.15, 0.2) is 34.7 Å². The molecule has 1 atom stereocenters. The number of benzene rings is 1. The van der Waals surface area contributed by atoms with Gasteiger partial charge in [-0.05, 0) is 24.5 Å². The second-order valence-electron chi connectivity index (χ2n) is 6.24. The average molecular weight is 301 g/mol. The highest BCUT2D eigenvalue weighted by molar-refractivity contribution is 5.96. The van der Waals surface area contributed by atoms with E-state index in [2.05, 4.69) is 0 Å². The van der Waals surface area contributed by atoms with E-state index < -0.39 is 11.4 Å². The second kappa shape index (κ2) is 5.16. The molecule has 22 heavy (non-hydrogen) atoms. The molecule has 5 nitrogen and oxygen atoms in total. The standard InChI is InChI=1S/C17H19NO4/c1-11(2)17(16(20)21)7-8-18(10-17)15(19)14-9-12-5-3-4-6-13(12)22-14/h3-6,9,11H,7-8,10H2,1-2H3,(H,20,21). The van der Waals surface area contributed by atoms with Crippen LogP contribution in [-0.4, -0.2) is 35.0 Å². The minimum atomic E-state index is -0.859. The van der Waals surface area contributed by atoms with E-state index in [1.54, 1.807) is 11.0 Å². The van der Waals surface area contributed by atoms with Crippen LogP contribution in [0.3, 0.4) is 0 Å². The van der Waals surface area contributed by atoms with Crippen LogP contribution in [0.25, 0.3) is 11.0 Å². The number of carboxylic acids is 1. The summed E-state index contributed by atoms with van der Waals surface area (Å²) < 4.78 is 5.59. The smallest absolute Gasteiger partial charge is 0.311 e. The lowest BCUT2D eigenvalue weighted by molar-refractivity contribution is -0.150. The Hall–Kier alpha value is -2.30. The van der Waals surface area contributed by atoms with Gasteiger partial charge >= 0.3 is 5.97 Å². The fourth-order valence-electron chi connectivity index (χ4n) is 3.14. The topological polar surface area (TPSA) is 70.8 Å². The average Bonchev–Trinajstić information content (AvgIpc) is 3.11. The zero-order valence-corrected chi connectivity index (χ0v) is 12.7. The van der Waals surface area contributed by atoms with Crippen LogP contribution in [0.4, 0.5) is 0 Å². The van der Waals surface area contributed by atoms with Gasteiger partial charge in [-0.3, -0.25) is 9.59 Å². The van der Waals surface area contributed by atoms with Gasteiger partial charge in [0, 0.05) is 18.5 Å². The first-order valence-corrected chi connectivity index (χ1v) is 7.45. The predicted octanol–water partition coefficient (Wildman–Crippen LogP) is 3.01. The number of furan rings is 1. The zero-order chi connectivity index (χ0) is 15.9. The van der Waals surface area contributed by atoms with Gasteiger partial charge < -0.3 is 14.4 Å². The van der Waals surface area contributed by atoms with Gasteiger partial charge in [-0.25, -0.2) is 0 Å². The van der Waals surface area contributed by atoms with E-state index in [0.29, 0.717) is 18.5 Å². The molecule has 1 amide bonds. The molecule has 2 heterocycles. The van der Waals surface area contributed by atoms with Crippen molar-refractivity contribution in [2.45, 2.75) is 20.3 Å². The first kappa shape index (κ1) is 14.6. The number of para-hydroxylation sites is 1. The third-order valence-electron chi connectivity index (χ3n) is 4.76. The van der Waals surface area contributed by atoms with Gasteiger partial charge in [-0.2, -0.15) is 0 Å². The molecule has 1 aliphatic rings. The summed E-state index contributed by atoms with van der Waals surface area (Å²) >= 11 is 0. The van der Waals surface area contributed by atoms with Gasteiger partial charge in [0.1, 0.15) is 5.58 Å². The van der Waals surface area contributed by atoms with E-state index in [4.69, 9.17) is 4.42 Å². The number of rotatable bonds is 3. The van der Waals surface area contributed by atoms with Gasteiger partial charge in [-0.15, -0.1) is 0 Å². The summed E-state index contributed by atoms with van der Waals surface area (Å²) in [5.74, 6) is -0.827. The third kappa shape index (κ3) is 2.17. The van der Waals surface area contributed by atoms with Crippen molar-refractivity contribution < 1.29 is 19.1 Å². The first-order chi connectivity index (χ1) is 10.4. The number of amides is 1. The van der Waals surface area contributed by atoms with Gasteiger partial charge in [0.2, 0.25) is 0 Å². The molecule has 0 spiro atoms. The Morgan fingerprint density at radius 2 is 2.05 bits per heavy atom. The van der Waals surface area contributed by atoms with Gasteiger partial charge in [0.15, 0.2) is 5.76 Å². The maximum atomic E-state index is 12.6. The van der Waals surface area contributed by atoms with Gasteiger partial charge in [0.25, 0.3) is 5.91 Å². The minimum Gasteiger partial charge on any atom is -0.481 e. The lowest BCUT2D eigenvalue weighted by Gasteiger charge is -2.28. The van der Waals surface area contributed by atoms with Crippen molar-refractivity contribution in [2.24, 2.45) is 11.3 Å². The van der Waals surface area contributed by atoms with Crippen LogP contribution in [0, 0.1) is 11.3 Å². The van der Waals surface area contributed by atoms with Crippen molar-refractivity contribution in [3.8, 4) is 0 Å². The Labute approximate surface area is 128 Å². The lowest BCUT2D eigenvalue weighted by atomic mass is 9.76. The van der Waals surface area contributed by atoms with Crippen LogP contribution < -0.4 is 0 Å². The van der Waals surface area contributed by atoms with E-state index in [0.717, 1.165) is 5.39 Å². The molecule has 1 aromatic carbocycles. The Kier molecular flexibility index (Phi) is 3.43. The molecule has 1 saturated heterocycles. The largest absolute Gasteiger partial charge is 0.481 e. The van der Waals surface area contributed by atoms with Crippen LogP contribution in [0.5, 0.6) is 0 Å². The van der Waals surface area contributed by atoms with Crippen molar-refractivity contribution in [3.05, 3.63) is 36.1 Å². The Balaban J connectivity index is 1.86. The molecule has 1 unspecified atom stereocenters. The molecule has 1 fully saturated rings. The minimum absolute atomic E-state index is 0.0292. The number of carboxylic acid groups (broad SMARTS) is 1. The van der Waals surface area contributed by atoms with E-state index >= 15 is 0 Å². The van der Waals surface area contributed by atoms with E-state index in [1.165, 1.54) is 0 Å². The Bertz CT molecular complexity index is 700. The predicted molar refractivity (Wildman–Crippen MR) is 81.6 cm³/mol. The first-order valence-electron chi connectivity index (χ1n) is 7.45. The highest BCUT2D eigenvalue weighted by Gasteiger charge is 2.48. The number of hydrogen-bond acceptors (Lipinski definition) is 3. The van der Waals surface area contributed by atoms with Crippen LogP contribution in [0.2, 0.25) is 0 Å². The summed E-state index contributed by atoms with van der Waals surface area (Å²) in [6.45, 7) is 4.46. The number of fused-ring (bicyclic) bond motifs is 1. The van der Waals surface area contributed by atoms with Crippen LogP contribution in [0.1, 0.15) is 30.8 Å². The molecule has 2 aromatic rings. The normalized spacial score (nSPS) is 21.7. The Morgan fingerprint density at radius 3 is 2.64 bits per heavy atom. The maximum Gasteiger partial charge on any atom is 0.311 e. The Morgan fingerprint density at radius 1 is 1.32 bits per heavy atom. The molecule has 1 N–H and O–H groups in total. The van der Waals surface area contributed by atoms with Crippen molar-refractivity contribution in [1.82, 2.24) is 4.90 Å². The number of aliphatic carboxylic acids is 1. The van der Waals surface area contributed by atoms with Crippen LogP contribution >= 0.6 is 0 Å². The van der Waals surface area contributed by atoms with E-state index in [-0.39, 0.29) is 24.1 Å². The van der Waals surface area contributed by atoms with Crippen molar-refractivity contribution >= 4 is 22.8 Å². The summed E-state index contributed by atoms with van der Waals surface area (Å²) in [7, 11) is 0.